The van der Waals surface area contributed by atoms with Crippen LogP contribution in [0.2, 0.25) is 0 Å². The molecule has 0 unspecified atom stereocenters. The first-order valence-corrected chi connectivity index (χ1v) is 12.7. The number of urea groups is 1. The quantitative estimate of drug-likeness (QED) is 0.0814. The Labute approximate surface area is 226 Å². The van der Waals surface area contributed by atoms with Gasteiger partial charge in [0.25, 0.3) is 11.8 Å². The molecule has 15 heteroatoms. The Hall–Kier alpha value is -3.56. The van der Waals surface area contributed by atoms with E-state index < -0.39 is 35.9 Å². The van der Waals surface area contributed by atoms with Crippen LogP contribution in [-0.2, 0) is 38.2 Å². The van der Waals surface area contributed by atoms with Gasteiger partial charge < -0.3 is 41.0 Å². The minimum atomic E-state index is -1.23. The first-order chi connectivity index (χ1) is 18.5. The molecule has 39 heavy (non-hydrogen) atoms. The number of carbonyl (C=O) groups is 6. The number of imide groups is 1. The second-order valence-corrected chi connectivity index (χ2v) is 8.87. The molecule has 15 nitrogen and oxygen atoms in total. The molecule has 2 atom stereocenters. The van der Waals surface area contributed by atoms with Crippen molar-refractivity contribution in [1.29, 1.82) is 0 Å². The normalized spacial score (nSPS) is 14.4. The average molecular weight is 558 g/mol. The minimum absolute atomic E-state index is 0.0104. The fourth-order valence-electron chi connectivity index (χ4n) is 3.33. The van der Waals surface area contributed by atoms with E-state index in [1.807, 2.05) is 0 Å². The summed E-state index contributed by atoms with van der Waals surface area (Å²) in [5, 5.41) is 16.8. The van der Waals surface area contributed by atoms with Crippen molar-refractivity contribution in [3.63, 3.8) is 0 Å². The number of carbonyl (C=O) groups excluding carboxylic acids is 5. The monoisotopic (exact) mass is 557 g/mol. The lowest BCUT2D eigenvalue weighted by Gasteiger charge is -2.24. The average Bonchev–Trinajstić information content (AvgIpc) is 3.19. The van der Waals surface area contributed by atoms with Crippen molar-refractivity contribution in [3.05, 3.63) is 12.2 Å². The molecule has 0 fully saturated rings. The number of aliphatic carboxylic acids is 1. The molecule has 1 aliphatic rings. The van der Waals surface area contributed by atoms with Gasteiger partial charge >= 0.3 is 12.0 Å². The van der Waals surface area contributed by atoms with Crippen LogP contribution in [-0.4, -0.2) is 110 Å². The van der Waals surface area contributed by atoms with Crippen molar-refractivity contribution in [1.82, 2.24) is 20.9 Å². The summed E-state index contributed by atoms with van der Waals surface area (Å²) in [6.45, 7) is 5.13. The maximum Gasteiger partial charge on any atom is 0.326 e. The van der Waals surface area contributed by atoms with Crippen molar-refractivity contribution in [2.75, 3.05) is 52.7 Å². The first-order valence-electron chi connectivity index (χ1n) is 12.7. The highest BCUT2D eigenvalue weighted by molar-refractivity contribution is 6.12. The van der Waals surface area contributed by atoms with Gasteiger partial charge in [0.05, 0.1) is 46.2 Å². The zero-order valence-electron chi connectivity index (χ0n) is 22.3. The lowest BCUT2D eigenvalue weighted by Crippen LogP contribution is -2.53. The maximum absolute atomic E-state index is 12.6. The number of amides is 6. The summed E-state index contributed by atoms with van der Waals surface area (Å²) in [5.74, 6) is -3.30. The van der Waals surface area contributed by atoms with Crippen LogP contribution in [0.3, 0.4) is 0 Å². The van der Waals surface area contributed by atoms with Gasteiger partial charge in [-0.25, -0.2) is 9.59 Å². The summed E-state index contributed by atoms with van der Waals surface area (Å²) >= 11 is 0. The summed E-state index contributed by atoms with van der Waals surface area (Å²) in [6.07, 6.45) is 2.77. The molecule has 6 N–H and O–H groups in total. The predicted molar refractivity (Wildman–Crippen MR) is 136 cm³/mol. The van der Waals surface area contributed by atoms with Gasteiger partial charge in [0.1, 0.15) is 12.1 Å². The van der Waals surface area contributed by atoms with E-state index in [9.17, 15) is 33.9 Å². The second-order valence-electron chi connectivity index (χ2n) is 8.87. The third kappa shape index (κ3) is 14.2. The van der Waals surface area contributed by atoms with Crippen LogP contribution in [0.1, 0.15) is 33.1 Å². The van der Waals surface area contributed by atoms with Crippen LogP contribution < -0.4 is 21.7 Å². The fraction of sp³-hybridized carbons (Fsp3) is 0.667. The van der Waals surface area contributed by atoms with Crippen LogP contribution in [0.25, 0.3) is 0 Å². The van der Waals surface area contributed by atoms with Crippen LogP contribution in [0.5, 0.6) is 0 Å². The van der Waals surface area contributed by atoms with E-state index in [1.165, 1.54) is 12.2 Å². The molecule has 0 aromatic heterocycles. The number of hydrogen-bond donors (Lipinski definition) is 5. The summed E-state index contributed by atoms with van der Waals surface area (Å²) < 4.78 is 16.0. The van der Waals surface area contributed by atoms with Crippen LogP contribution in [0, 0.1) is 5.92 Å². The van der Waals surface area contributed by atoms with E-state index in [1.54, 1.807) is 13.8 Å². The van der Waals surface area contributed by atoms with Crippen molar-refractivity contribution >= 4 is 35.6 Å². The Bertz CT molecular complexity index is 861. The number of nitrogens with one attached hydrogen (secondary N) is 3. The highest BCUT2D eigenvalue weighted by Gasteiger charge is 2.28. The van der Waals surface area contributed by atoms with Crippen molar-refractivity contribution in [3.8, 4) is 0 Å². The van der Waals surface area contributed by atoms with Crippen molar-refractivity contribution in [2.24, 2.45) is 11.7 Å². The van der Waals surface area contributed by atoms with E-state index in [4.69, 9.17) is 19.9 Å². The summed E-state index contributed by atoms with van der Waals surface area (Å²) in [7, 11) is 0. The number of rotatable bonds is 21. The number of primary amides is 1. The molecule has 1 heterocycles. The molecule has 0 aromatic carbocycles. The largest absolute Gasteiger partial charge is 0.480 e. The van der Waals surface area contributed by atoms with Gasteiger partial charge in [0.2, 0.25) is 11.8 Å². The lowest BCUT2D eigenvalue weighted by atomic mass is 10.0. The predicted octanol–water partition coefficient (Wildman–Crippen LogP) is -1.49. The van der Waals surface area contributed by atoms with Gasteiger partial charge in [0, 0.05) is 25.1 Å². The highest BCUT2D eigenvalue weighted by Crippen LogP contribution is 2.06. The molecule has 1 rings (SSSR count). The molecular weight excluding hydrogens is 518 g/mol. The van der Waals surface area contributed by atoms with E-state index in [0.717, 1.165) is 4.90 Å². The van der Waals surface area contributed by atoms with Crippen LogP contribution >= 0.6 is 0 Å². The number of carboxylic acid groups (broad SMARTS) is 1. The molecule has 220 valence electrons. The standard InChI is InChI=1S/C24H39N5O10/c1-16(2)21(22(33)27-17(23(34)35)4-3-8-26-24(25)36)28-18(30)7-10-37-12-14-39-15-13-38-11-9-29-19(31)5-6-20(29)32/h5-6,16-17,21H,3-4,7-15H2,1-2H3,(H,27,33)(H,28,30)(H,34,35)(H3,25,26,36)/t17-,21-/m0/s1. The Kier molecular flexibility index (Phi) is 16.0. The molecule has 0 saturated heterocycles. The Morgan fingerprint density at radius 3 is 2.03 bits per heavy atom. The minimum Gasteiger partial charge on any atom is -0.480 e. The van der Waals surface area contributed by atoms with Crippen LogP contribution in [0.15, 0.2) is 12.2 Å². The summed E-state index contributed by atoms with van der Waals surface area (Å²) in [4.78, 5) is 71.0. The van der Waals surface area contributed by atoms with Gasteiger partial charge in [-0.3, -0.25) is 24.1 Å². The molecule has 0 bridgehead atoms. The molecule has 6 amide bonds. The Morgan fingerprint density at radius 2 is 1.49 bits per heavy atom. The molecule has 0 saturated carbocycles. The third-order valence-corrected chi connectivity index (χ3v) is 5.43. The van der Waals surface area contributed by atoms with Gasteiger partial charge in [-0.15, -0.1) is 0 Å². The molecule has 0 spiro atoms. The lowest BCUT2D eigenvalue weighted by molar-refractivity contribution is -0.142. The number of nitrogens with two attached hydrogens (primary N) is 1. The van der Waals surface area contributed by atoms with Gasteiger partial charge in [-0.05, 0) is 18.8 Å². The third-order valence-electron chi connectivity index (χ3n) is 5.43. The number of ether oxygens (including phenoxy) is 3. The van der Waals surface area contributed by atoms with E-state index in [2.05, 4.69) is 16.0 Å². The Morgan fingerprint density at radius 1 is 0.923 bits per heavy atom. The zero-order valence-corrected chi connectivity index (χ0v) is 22.3. The molecule has 0 aliphatic carbocycles. The molecule has 0 radical (unpaired) electrons. The second kappa shape index (κ2) is 18.7. The van der Waals surface area contributed by atoms with E-state index >= 15 is 0 Å². The fourth-order valence-corrected chi connectivity index (χ4v) is 3.33. The Balaban J connectivity index is 2.18. The number of nitrogens with zero attached hydrogens (tertiary/aromatic N) is 1. The zero-order chi connectivity index (χ0) is 29.2. The van der Waals surface area contributed by atoms with Crippen molar-refractivity contribution in [2.45, 2.75) is 45.2 Å². The van der Waals surface area contributed by atoms with Gasteiger partial charge in [-0.2, -0.15) is 0 Å². The van der Waals surface area contributed by atoms with Crippen LogP contribution in [0.4, 0.5) is 4.79 Å². The topological polar surface area (TPSA) is 216 Å². The number of hydrogen-bond acceptors (Lipinski definition) is 9. The first kappa shape index (κ1) is 33.5. The number of carboxylic acids is 1. The van der Waals surface area contributed by atoms with Crippen molar-refractivity contribution < 1.29 is 48.1 Å². The molecular formula is C24H39N5O10. The molecule has 0 aromatic rings. The SMILES string of the molecule is CC(C)[C@H](NC(=O)CCOCCOCCOCCN1C(=O)C=CC1=O)C(=O)N[C@@H](CCCNC(N)=O)C(=O)O. The summed E-state index contributed by atoms with van der Waals surface area (Å²) in [6, 6.07) is -2.85. The smallest absolute Gasteiger partial charge is 0.326 e. The van der Waals surface area contributed by atoms with Gasteiger partial charge in [0.15, 0.2) is 0 Å². The van der Waals surface area contributed by atoms with E-state index in [-0.39, 0.29) is 89.7 Å². The van der Waals surface area contributed by atoms with E-state index in [0.29, 0.717) is 0 Å². The molecule has 1 aliphatic heterocycles. The summed E-state index contributed by atoms with van der Waals surface area (Å²) in [5.41, 5.74) is 4.96. The maximum atomic E-state index is 12.6. The highest BCUT2D eigenvalue weighted by atomic mass is 16.5. The van der Waals surface area contributed by atoms with Gasteiger partial charge in [-0.1, -0.05) is 13.8 Å².